The van der Waals surface area contributed by atoms with Crippen molar-refractivity contribution in [3.8, 4) is 5.75 Å². The standard InChI is InChI=1S/C37H38N6O12S2/c1-36(2)29(32(47)53-20-23-10-6-4-7-11-23)43-31(46)28(37(43,56-36)38-22-44)40-30(45)27(39-33(48)41-18-19-42(34(41)49)57(3,51)52)25-14-16-26(17-15-25)55-35(50)54-21-24-12-8-5-9-13-24/h4-17,22,27-29H,18-21H2,1-3H3,(H,38,44)(H,39,48)(H,40,45)/t27?,28-,29+,37?/m1/s1. The van der Waals surface area contributed by atoms with Crippen LogP contribution in [-0.2, 0) is 51.9 Å². The second kappa shape index (κ2) is 16.1. The van der Waals surface area contributed by atoms with Crippen LogP contribution in [0.1, 0.15) is 36.6 Å². The zero-order valence-corrected chi connectivity index (χ0v) is 32.4. The van der Waals surface area contributed by atoms with Crippen molar-refractivity contribution in [3.63, 3.8) is 0 Å². The van der Waals surface area contributed by atoms with Crippen LogP contribution in [0, 0.1) is 0 Å². The van der Waals surface area contributed by atoms with Gasteiger partial charge in [-0.05, 0) is 42.7 Å². The lowest BCUT2D eigenvalue weighted by Gasteiger charge is -2.53. The van der Waals surface area contributed by atoms with Crippen LogP contribution in [0.4, 0.5) is 14.4 Å². The molecule has 4 atom stereocenters. The van der Waals surface area contributed by atoms with E-state index in [0.29, 0.717) is 21.2 Å². The number of amides is 7. The summed E-state index contributed by atoms with van der Waals surface area (Å²) in [6.45, 7) is 2.60. The molecule has 57 heavy (non-hydrogen) atoms. The van der Waals surface area contributed by atoms with Crippen LogP contribution in [-0.4, -0.2) is 106 Å². The van der Waals surface area contributed by atoms with Gasteiger partial charge in [0, 0.05) is 4.75 Å². The number of β-lactam (4-membered cyclic amide) rings is 1. The Bertz CT molecular complexity index is 2180. The number of sulfonamides is 1. The van der Waals surface area contributed by atoms with Crippen molar-refractivity contribution in [2.24, 2.45) is 0 Å². The highest BCUT2D eigenvalue weighted by molar-refractivity contribution is 8.02. The molecule has 3 saturated heterocycles. The third kappa shape index (κ3) is 8.36. The Balaban J connectivity index is 1.22. The SMILES string of the molecule is CC1(C)SC2(NC=O)[C@H](NC(=O)C(NC(=O)N3CCN(S(C)(=O)=O)C3=O)c3ccc(OC(=O)OCc4ccccc4)cc3)C(=O)N2[C@H]1C(=O)OCc1ccccc1. The normalized spacial score (nSPS) is 21.4. The number of imide groups is 1. The first-order valence-corrected chi connectivity index (χ1v) is 20.1. The van der Waals surface area contributed by atoms with E-state index in [9.17, 15) is 42.0 Å². The number of ether oxygens (including phenoxy) is 3. The van der Waals surface area contributed by atoms with Gasteiger partial charge < -0.3 is 30.2 Å². The second-order valence-electron chi connectivity index (χ2n) is 13.7. The lowest BCUT2D eigenvalue weighted by molar-refractivity contribution is -0.174. The topological polar surface area (TPSA) is 227 Å². The lowest BCUT2D eigenvalue weighted by Crippen LogP contribution is -2.82. The van der Waals surface area contributed by atoms with Crippen LogP contribution >= 0.6 is 11.8 Å². The van der Waals surface area contributed by atoms with E-state index >= 15 is 0 Å². The molecule has 0 bridgehead atoms. The molecular formula is C37H38N6O12S2. The van der Waals surface area contributed by atoms with Gasteiger partial charge in [-0.1, -0.05) is 72.8 Å². The van der Waals surface area contributed by atoms with Gasteiger partial charge in [-0.2, -0.15) is 0 Å². The number of thioether (sulfide) groups is 1. The van der Waals surface area contributed by atoms with E-state index in [0.717, 1.165) is 28.5 Å². The first kappa shape index (κ1) is 40.5. The van der Waals surface area contributed by atoms with Crippen LogP contribution in [0.2, 0.25) is 0 Å². The molecule has 6 rings (SSSR count). The number of hydrogen-bond donors (Lipinski definition) is 3. The largest absolute Gasteiger partial charge is 0.514 e. The highest BCUT2D eigenvalue weighted by Crippen LogP contribution is 2.57. The molecule has 3 aliphatic heterocycles. The summed E-state index contributed by atoms with van der Waals surface area (Å²) >= 11 is 1.04. The first-order valence-electron chi connectivity index (χ1n) is 17.4. The average molecular weight is 823 g/mol. The lowest BCUT2D eigenvalue weighted by atomic mass is 9.92. The molecule has 0 saturated carbocycles. The van der Waals surface area contributed by atoms with Crippen LogP contribution in [0.3, 0.4) is 0 Å². The van der Waals surface area contributed by atoms with Gasteiger partial charge in [-0.3, -0.25) is 19.3 Å². The molecule has 3 heterocycles. The van der Waals surface area contributed by atoms with Gasteiger partial charge in [0.2, 0.25) is 22.3 Å². The Morgan fingerprint density at radius 1 is 0.895 bits per heavy atom. The number of fused-ring (bicyclic) bond motifs is 1. The zero-order chi connectivity index (χ0) is 41.1. The van der Waals surface area contributed by atoms with Crippen LogP contribution in [0.15, 0.2) is 84.9 Å². The molecule has 18 nitrogen and oxygen atoms in total. The Labute approximate surface area is 331 Å². The molecule has 0 spiro atoms. The molecule has 20 heteroatoms. The Morgan fingerprint density at radius 3 is 2.05 bits per heavy atom. The molecule has 2 unspecified atom stereocenters. The fourth-order valence-electron chi connectivity index (χ4n) is 6.67. The van der Waals surface area contributed by atoms with Crippen molar-refractivity contribution in [1.82, 2.24) is 30.1 Å². The number of nitrogens with zero attached hydrogens (tertiary/aromatic N) is 3. The van der Waals surface area contributed by atoms with Crippen molar-refractivity contribution in [2.75, 3.05) is 19.3 Å². The number of hydrogen-bond acceptors (Lipinski definition) is 13. The summed E-state index contributed by atoms with van der Waals surface area (Å²) in [5.41, 5.74) is 1.52. The highest BCUT2D eigenvalue weighted by atomic mass is 32.2. The number of carbonyl (C=O) groups excluding carboxylic acids is 7. The van der Waals surface area contributed by atoms with E-state index in [1.165, 1.54) is 24.3 Å². The van der Waals surface area contributed by atoms with Gasteiger partial charge in [0.1, 0.15) is 31.0 Å². The number of urea groups is 2. The minimum Gasteiger partial charge on any atom is -0.459 e. The first-order chi connectivity index (χ1) is 27.1. The smallest absolute Gasteiger partial charge is 0.459 e. The maximum absolute atomic E-state index is 14.2. The minimum absolute atomic E-state index is 0.00883. The molecule has 7 amide bonds. The van der Waals surface area contributed by atoms with Crippen molar-refractivity contribution in [1.29, 1.82) is 0 Å². The molecule has 3 aromatic carbocycles. The Hall–Kier alpha value is -6.15. The predicted octanol–water partition coefficient (Wildman–Crippen LogP) is 2.21. The maximum Gasteiger partial charge on any atom is 0.514 e. The molecule has 3 fully saturated rings. The van der Waals surface area contributed by atoms with Crippen LogP contribution in [0.5, 0.6) is 5.75 Å². The number of nitrogens with one attached hydrogen (secondary N) is 3. The number of carbonyl (C=O) groups is 7. The molecule has 0 aromatic heterocycles. The van der Waals surface area contributed by atoms with Gasteiger partial charge in [0.05, 0.1) is 19.3 Å². The molecule has 3 aromatic rings. The monoisotopic (exact) mass is 822 g/mol. The van der Waals surface area contributed by atoms with Crippen molar-refractivity contribution in [3.05, 3.63) is 102 Å². The van der Waals surface area contributed by atoms with Gasteiger partial charge in [-0.25, -0.2) is 36.8 Å². The molecule has 0 radical (unpaired) electrons. The summed E-state index contributed by atoms with van der Waals surface area (Å²) in [7, 11) is -4.01. The molecule has 0 aliphatic carbocycles. The fourth-order valence-corrected chi connectivity index (χ4v) is 9.26. The summed E-state index contributed by atoms with van der Waals surface area (Å²) in [4.78, 5) is 92.4. The Kier molecular flexibility index (Phi) is 11.5. The molecule has 3 N–H and O–H groups in total. The fraction of sp³-hybridized carbons (Fsp3) is 0.324. The summed E-state index contributed by atoms with van der Waals surface area (Å²) < 4.78 is 39.6. The number of rotatable bonds is 13. The van der Waals surface area contributed by atoms with E-state index in [4.69, 9.17) is 14.2 Å². The summed E-state index contributed by atoms with van der Waals surface area (Å²) in [6, 6.07) is 16.5. The van der Waals surface area contributed by atoms with E-state index in [2.05, 4.69) is 16.0 Å². The Morgan fingerprint density at radius 2 is 1.49 bits per heavy atom. The van der Waals surface area contributed by atoms with Gasteiger partial charge >= 0.3 is 24.2 Å². The summed E-state index contributed by atoms with van der Waals surface area (Å²) in [5.74, 6) is -2.45. The third-order valence-corrected chi connectivity index (χ3v) is 12.1. The highest BCUT2D eigenvalue weighted by Gasteiger charge is 2.74. The summed E-state index contributed by atoms with van der Waals surface area (Å²) in [6.07, 6.45) is 0.119. The predicted molar refractivity (Wildman–Crippen MR) is 201 cm³/mol. The average Bonchev–Trinajstić information content (AvgIpc) is 3.68. The van der Waals surface area contributed by atoms with Gasteiger partial charge in [0.25, 0.3) is 5.91 Å². The quantitative estimate of drug-likeness (QED) is 0.0974. The van der Waals surface area contributed by atoms with Crippen molar-refractivity contribution < 1.29 is 56.2 Å². The van der Waals surface area contributed by atoms with E-state index in [1.54, 1.807) is 68.4 Å². The molecule has 300 valence electrons. The number of esters is 1. The van der Waals surface area contributed by atoms with E-state index in [1.807, 2.05) is 6.07 Å². The van der Waals surface area contributed by atoms with Crippen LogP contribution in [0.25, 0.3) is 0 Å². The van der Waals surface area contributed by atoms with Crippen molar-refractivity contribution in [2.45, 2.75) is 54.9 Å². The second-order valence-corrected chi connectivity index (χ2v) is 17.4. The van der Waals surface area contributed by atoms with Gasteiger partial charge in [0.15, 0.2) is 11.0 Å². The van der Waals surface area contributed by atoms with Crippen LogP contribution < -0.4 is 20.7 Å². The minimum atomic E-state index is -4.01. The maximum atomic E-state index is 14.2. The van der Waals surface area contributed by atoms with Crippen molar-refractivity contribution >= 4 is 64.2 Å². The number of benzene rings is 3. The summed E-state index contributed by atoms with van der Waals surface area (Å²) in [5, 5.41) is 7.61. The molecular weight excluding hydrogens is 785 g/mol. The van der Waals surface area contributed by atoms with E-state index in [-0.39, 0.29) is 37.6 Å². The molecule has 3 aliphatic rings. The van der Waals surface area contributed by atoms with Gasteiger partial charge in [-0.15, -0.1) is 11.8 Å². The third-order valence-electron chi connectivity index (χ3n) is 9.33. The zero-order valence-electron chi connectivity index (χ0n) is 30.8. The van der Waals surface area contributed by atoms with E-state index < -0.39 is 73.9 Å².